The van der Waals surface area contributed by atoms with Crippen molar-refractivity contribution in [2.24, 2.45) is 0 Å². The lowest BCUT2D eigenvalue weighted by molar-refractivity contribution is -0.131. The molecule has 33 heavy (non-hydrogen) atoms. The molecule has 3 N–H and O–H groups in total. The van der Waals surface area contributed by atoms with Crippen molar-refractivity contribution in [1.29, 1.82) is 0 Å². The Hall–Kier alpha value is -4.46. The zero-order valence-electron chi connectivity index (χ0n) is 18.0. The minimum absolute atomic E-state index is 0.155. The van der Waals surface area contributed by atoms with Crippen LogP contribution >= 0.6 is 0 Å². The van der Waals surface area contributed by atoms with Gasteiger partial charge in [-0.3, -0.25) is 19.2 Å². The Balaban J connectivity index is 1.46. The summed E-state index contributed by atoms with van der Waals surface area (Å²) in [6, 6.07) is 21.9. The number of nitrogens with one attached hydrogen (secondary N) is 3. The molecule has 0 aromatic heterocycles. The highest BCUT2D eigenvalue weighted by molar-refractivity contribution is 5.99. The van der Waals surface area contributed by atoms with Crippen molar-refractivity contribution < 1.29 is 23.9 Å². The third kappa shape index (κ3) is 7.32. The molecule has 0 unspecified atom stereocenters. The van der Waals surface area contributed by atoms with E-state index in [-0.39, 0.29) is 30.8 Å². The highest BCUT2D eigenvalue weighted by Gasteiger charge is 2.09. The largest absolute Gasteiger partial charge is 0.427 e. The number of rotatable bonds is 8. The summed E-state index contributed by atoms with van der Waals surface area (Å²) >= 11 is 0. The van der Waals surface area contributed by atoms with Crippen LogP contribution in [0.15, 0.2) is 78.9 Å². The second-order valence-electron chi connectivity index (χ2n) is 7.10. The van der Waals surface area contributed by atoms with Crippen LogP contribution in [0.25, 0.3) is 0 Å². The minimum Gasteiger partial charge on any atom is -0.427 e. The minimum atomic E-state index is -0.460. The third-order valence-electron chi connectivity index (χ3n) is 4.49. The molecule has 0 fully saturated rings. The smallest absolute Gasteiger partial charge is 0.308 e. The number of benzene rings is 3. The van der Waals surface area contributed by atoms with Crippen molar-refractivity contribution in [2.45, 2.75) is 13.5 Å². The monoisotopic (exact) mass is 445 g/mol. The van der Waals surface area contributed by atoms with E-state index in [9.17, 15) is 19.2 Å². The first-order chi connectivity index (χ1) is 15.9. The van der Waals surface area contributed by atoms with Crippen molar-refractivity contribution in [3.63, 3.8) is 0 Å². The van der Waals surface area contributed by atoms with Crippen molar-refractivity contribution in [1.82, 2.24) is 10.6 Å². The van der Waals surface area contributed by atoms with E-state index < -0.39 is 5.97 Å². The van der Waals surface area contributed by atoms with E-state index >= 15 is 0 Å². The molecule has 0 aliphatic heterocycles. The van der Waals surface area contributed by atoms with Gasteiger partial charge in [-0.2, -0.15) is 0 Å². The number of esters is 1. The lowest BCUT2D eigenvalue weighted by Gasteiger charge is -2.09. The number of carbonyl (C=O) groups excluding carboxylic acids is 4. The van der Waals surface area contributed by atoms with Crippen molar-refractivity contribution in [3.05, 3.63) is 95.6 Å². The predicted octanol–water partition coefficient (Wildman–Crippen LogP) is 2.91. The molecule has 0 aliphatic carbocycles. The van der Waals surface area contributed by atoms with Gasteiger partial charge < -0.3 is 20.7 Å². The van der Waals surface area contributed by atoms with Crippen molar-refractivity contribution >= 4 is 29.4 Å². The maximum absolute atomic E-state index is 12.4. The second-order valence-corrected chi connectivity index (χ2v) is 7.10. The fraction of sp³-hybridized carbons (Fsp3) is 0.120. The number of anilines is 1. The highest BCUT2D eigenvalue weighted by atomic mass is 16.5. The van der Waals surface area contributed by atoms with E-state index in [4.69, 9.17) is 4.74 Å². The zero-order valence-corrected chi connectivity index (χ0v) is 18.0. The molecule has 3 aromatic rings. The van der Waals surface area contributed by atoms with Crippen LogP contribution in [0.2, 0.25) is 0 Å². The van der Waals surface area contributed by atoms with Crippen molar-refractivity contribution in [3.8, 4) is 5.75 Å². The predicted molar refractivity (Wildman–Crippen MR) is 123 cm³/mol. The van der Waals surface area contributed by atoms with Crippen LogP contribution in [-0.4, -0.2) is 30.2 Å². The second kappa shape index (κ2) is 11.2. The van der Waals surface area contributed by atoms with Crippen LogP contribution in [0.5, 0.6) is 5.75 Å². The average Bonchev–Trinajstić information content (AvgIpc) is 2.82. The van der Waals surface area contributed by atoms with E-state index in [1.807, 2.05) is 6.07 Å². The van der Waals surface area contributed by atoms with Gasteiger partial charge in [0, 0.05) is 30.3 Å². The quantitative estimate of drug-likeness (QED) is 0.364. The molecule has 0 heterocycles. The molecule has 3 rings (SSSR count). The van der Waals surface area contributed by atoms with E-state index in [0.717, 1.165) is 5.56 Å². The SMILES string of the molecule is CC(=O)Oc1cccc(C(=O)NCc2ccc(NC(=O)CNC(=O)c3ccccc3)cc2)c1. The van der Waals surface area contributed by atoms with Gasteiger partial charge in [0.2, 0.25) is 5.91 Å². The van der Waals surface area contributed by atoms with Crippen LogP contribution in [0.3, 0.4) is 0 Å². The number of hydrogen-bond acceptors (Lipinski definition) is 5. The van der Waals surface area contributed by atoms with Gasteiger partial charge in [0.1, 0.15) is 5.75 Å². The Bertz CT molecular complexity index is 1140. The molecular weight excluding hydrogens is 422 g/mol. The fourth-order valence-corrected chi connectivity index (χ4v) is 2.91. The molecule has 0 atom stereocenters. The topological polar surface area (TPSA) is 114 Å². The summed E-state index contributed by atoms with van der Waals surface area (Å²) in [5, 5.41) is 8.06. The van der Waals surface area contributed by atoms with Gasteiger partial charge in [0.05, 0.1) is 6.54 Å². The first-order valence-corrected chi connectivity index (χ1v) is 10.2. The number of ether oxygens (including phenoxy) is 1. The Labute approximate surface area is 191 Å². The molecule has 3 amide bonds. The lowest BCUT2D eigenvalue weighted by Crippen LogP contribution is -2.32. The maximum atomic E-state index is 12.4. The molecule has 0 spiro atoms. The number of amides is 3. The van der Waals surface area contributed by atoms with E-state index in [2.05, 4.69) is 16.0 Å². The summed E-state index contributed by atoms with van der Waals surface area (Å²) < 4.78 is 4.99. The molecule has 0 radical (unpaired) electrons. The summed E-state index contributed by atoms with van der Waals surface area (Å²) in [7, 11) is 0. The molecule has 8 heteroatoms. The molecule has 0 aliphatic rings. The molecular formula is C25H23N3O5. The Morgan fingerprint density at radius 2 is 1.42 bits per heavy atom. The van der Waals surface area contributed by atoms with Crippen LogP contribution in [-0.2, 0) is 16.1 Å². The van der Waals surface area contributed by atoms with Gasteiger partial charge in [-0.25, -0.2) is 0 Å². The first kappa shape index (κ1) is 23.2. The number of carbonyl (C=O) groups is 4. The lowest BCUT2D eigenvalue weighted by atomic mass is 10.1. The standard InChI is InChI=1S/C25H23N3O5/c1-17(29)33-22-9-5-8-20(14-22)25(32)26-15-18-10-12-21(13-11-18)28-23(30)16-27-24(31)19-6-3-2-4-7-19/h2-14H,15-16H2,1H3,(H,26,32)(H,27,31)(H,28,30). The maximum Gasteiger partial charge on any atom is 0.308 e. The highest BCUT2D eigenvalue weighted by Crippen LogP contribution is 2.14. The molecule has 0 bridgehead atoms. The van der Waals surface area contributed by atoms with Crippen LogP contribution in [0.4, 0.5) is 5.69 Å². The van der Waals surface area contributed by atoms with Gasteiger partial charge in [0.25, 0.3) is 11.8 Å². The van der Waals surface area contributed by atoms with Gasteiger partial charge in [-0.1, -0.05) is 36.4 Å². The van der Waals surface area contributed by atoms with Crippen LogP contribution < -0.4 is 20.7 Å². The molecule has 3 aromatic carbocycles. The molecule has 0 saturated heterocycles. The zero-order chi connectivity index (χ0) is 23.6. The average molecular weight is 445 g/mol. The summed E-state index contributed by atoms with van der Waals surface area (Å²) in [4.78, 5) is 47.5. The van der Waals surface area contributed by atoms with E-state index in [1.54, 1.807) is 66.7 Å². The summed E-state index contributed by atoms with van der Waals surface area (Å²) in [5.74, 6) is -1.15. The van der Waals surface area contributed by atoms with Crippen LogP contribution in [0.1, 0.15) is 33.2 Å². The van der Waals surface area contributed by atoms with Gasteiger partial charge in [0.15, 0.2) is 0 Å². The Morgan fingerprint density at radius 1 is 0.758 bits per heavy atom. The van der Waals surface area contributed by atoms with Crippen molar-refractivity contribution in [2.75, 3.05) is 11.9 Å². The van der Waals surface area contributed by atoms with E-state index in [1.165, 1.54) is 13.0 Å². The molecule has 168 valence electrons. The Kier molecular flexibility index (Phi) is 7.91. The number of hydrogen-bond donors (Lipinski definition) is 3. The summed E-state index contributed by atoms with van der Waals surface area (Å²) in [6.45, 7) is 1.41. The molecule has 8 nitrogen and oxygen atoms in total. The first-order valence-electron chi connectivity index (χ1n) is 10.2. The normalized spacial score (nSPS) is 10.1. The van der Waals surface area contributed by atoms with Gasteiger partial charge in [-0.05, 0) is 48.0 Å². The summed E-state index contributed by atoms with van der Waals surface area (Å²) in [5.41, 5.74) is 2.25. The Morgan fingerprint density at radius 3 is 2.12 bits per heavy atom. The third-order valence-corrected chi connectivity index (χ3v) is 4.49. The molecule has 0 saturated carbocycles. The van der Waals surface area contributed by atoms with Crippen LogP contribution in [0, 0.1) is 0 Å². The fourth-order valence-electron chi connectivity index (χ4n) is 2.91. The van der Waals surface area contributed by atoms with Gasteiger partial charge >= 0.3 is 5.97 Å². The van der Waals surface area contributed by atoms with Gasteiger partial charge in [-0.15, -0.1) is 0 Å². The van der Waals surface area contributed by atoms with E-state index in [0.29, 0.717) is 22.6 Å². The summed E-state index contributed by atoms with van der Waals surface area (Å²) in [6.07, 6.45) is 0.